The van der Waals surface area contributed by atoms with E-state index in [4.69, 9.17) is 9.29 Å². The first-order valence-corrected chi connectivity index (χ1v) is 17.2. The molecule has 256 valence electrons. The van der Waals surface area contributed by atoms with E-state index in [0.717, 1.165) is 37.8 Å². The van der Waals surface area contributed by atoms with Crippen molar-refractivity contribution in [3.8, 4) is 11.3 Å². The number of pyridine rings is 1. The standard InChI is InChI=1S/C31H40F2N8O.CH4O3S/c1-19(2)41-21(4)36-29-24(32)12-23(13-26(29)41)28-25(33)16-35-30(38-28)37-27-9-8-22(15-34-27)17-40-10-11-42-31(5,18-40)14-20(3)39(6)7;1-5(2,3)4/h8-9,12-13,15-16,19-20H,10-11,14,17-18H2,1-7H3,(H,34,35,37,38);1H3,(H,2,3,4)/t20?,31-;/m0./s1. The van der Waals surface area contributed by atoms with Gasteiger partial charge in [-0.15, -0.1) is 0 Å². The monoisotopic (exact) mass is 674 g/mol. The highest BCUT2D eigenvalue weighted by Gasteiger charge is 2.34. The normalized spacial score (nSPS) is 18.0. The van der Waals surface area contributed by atoms with Crippen molar-refractivity contribution in [2.75, 3.05) is 45.4 Å². The van der Waals surface area contributed by atoms with Crippen LogP contribution < -0.4 is 5.32 Å². The number of rotatable bonds is 9. The van der Waals surface area contributed by atoms with E-state index >= 15 is 4.39 Å². The molecule has 4 aromatic rings. The van der Waals surface area contributed by atoms with E-state index < -0.39 is 21.8 Å². The van der Waals surface area contributed by atoms with Gasteiger partial charge in [-0.25, -0.2) is 28.7 Å². The number of nitrogens with zero attached hydrogens (tertiary/aromatic N) is 7. The molecular weight excluding hydrogens is 630 g/mol. The smallest absolute Gasteiger partial charge is 0.261 e. The zero-order valence-electron chi connectivity index (χ0n) is 28.1. The molecule has 0 saturated carbocycles. The number of morpholine rings is 1. The lowest BCUT2D eigenvalue weighted by atomic mass is 9.94. The molecule has 2 N–H and O–H groups in total. The summed E-state index contributed by atoms with van der Waals surface area (Å²) < 4.78 is 63.9. The third-order valence-corrected chi connectivity index (χ3v) is 7.95. The summed E-state index contributed by atoms with van der Waals surface area (Å²) in [6.07, 6.45) is 4.57. The number of hydrogen-bond donors (Lipinski definition) is 2. The van der Waals surface area contributed by atoms with Gasteiger partial charge in [0, 0.05) is 43.5 Å². The third kappa shape index (κ3) is 9.70. The Balaban J connectivity index is 0.000000930. The number of anilines is 2. The number of halogens is 2. The van der Waals surface area contributed by atoms with Crippen molar-refractivity contribution in [3.05, 3.63) is 59.7 Å². The molecule has 5 rings (SSSR count). The van der Waals surface area contributed by atoms with Gasteiger partial charge < -0.3 is 19.5 Å². The van der Waals surface area contributed by atoms with Crippen molar-refractivity contribution in [1.82, 2.24) is 34.3 Å². The fourth-order valence-electron chi connectivity index (χ4n) is 5.74. The van der Waals surface area contributed by atoms with Crippen LogP contribution in [0.15, 0.2) is 36.7 Å². The van der Waals surface area contributed by atoms with Crippen LogP contribution in [0.4, 0.5) is 20.5 Å². The highest BCUT2D eigenvalue weighted by atomic mass is 32.2. The van der Waals surface area contributed by atoms with Gasteiger partial charge in [-0.1, -0.05) is 6.07 Å². The summed E-state index contributed by atoms with van der Waals surface area (Å²) in [6.45, 7) is 13.4. The molecule has 1 aliphatic heterocycles. The second kappa shape index (κ2) is 14.6. The molecule has 47 heavy (non-hydrogen) atoms. The molecule has 1 fully saturated rings. The van der Waals surface area contributed by atoms with Crippen molar-refractivity contribution in [1.29, 1.82) is 0 Å². The van der Waals surface area contributed by atoms with Crippen molar-refractivity contribution in [2.24, 2.45) is 0 Å². The van der Waals surface area contributed by atoms with E-state index in [-0.39, 0.29) is 28.8 Å². The number of imidazole rings is 1. The van der Waals surface area contributed by atoms with Gasteiger partial charge in [-0.05, 0) is 78.9 Å². The van der Waals surface area contributed by atoms with Crippen LogP contribution in [0.25, 0.3) is 22.3 Å². The SMILES string of the molecule is CS(=O)(=O)O.Cc1nc2c(F)cc(-c3nc(Nc4ccc(CN5CCO[C@@](C)(CC(C)N(C)C)C5)cn4)ncc3F)cc2n1C(C)C. The van der Waals surface area contributed by atoms with Gasteiger partial charge in [-0.2, -0.15) is 8.42 Å². The van der Waals surface area contributed by atoms with Crippen LogP contribution in [0.5, 0.6) is 0 Å². The van der Waals surface area contributed by atoms with Crippen molar-refractivity contribution < 1.29 is 26.5 Å². The molecule has 1 unspecified atom stereocenters. The van der Waals surface area contributed by atoms with Crippen LogP contribution >= 0.6 is 0 Å². The highest BCUT2D eigenvalue weighted by molar-refractivity contribution is 7.85. The second-order valence-electron chi connectivity index (χ2n) is 12.8. The predicted molar refractivity (Wildman–Crippen MR) is 178 cm³/mol. The predicted octanol–water partition coefficient (Wildman–Crippen LogP) is 5.23. The Labute approximate surface area is 275 Å². The highest BCUT2D eigenvalue weighted by Crippen LogP contribution is 2.31. The molecule has 0 radical (unpaired) electrons. The first-order chi connectivity index (χ1) is 21.9. The molecule has 3 aromatic heterocycles. The minimum absolute atomic E-state index is 0.00182. The van der Waals surface area contributed by atoms with Crippen LogP contribution in [0, 0.1) is 18.6 Å². The number of ether oxygens (including phenoxy) is 1. The molecule has 2 atom stereocenters. The summed E-state index contributed by atoms with van der Waals surface area (Å²) in [5.41, 5.74) is 2.03. The van der Waals surface area contributed by atoms with Gasteiger partial charge in [0.1, 0.15) is 22.9 Å². The number of benzene rings is 1. The van der Waals surface area contributed by atoms with Crippen molar-refractivity contribution >= 4 is 32.9 Å². The minimum Gasteiger partial charge on any atom is -0.373 e. The minimum atomic E-state index is -3.67. The van der Waals surface area contributed by atoms with Crippen LogP contribution in [0.1, 0.15) is 51.5 Å². The Bertz CT molecular complexity index is 1790. The van der Waals surface area contributed by atoms with Crippen LogP contribution in [-0.2, 0) is 21.4 Å². The lowest BCUT2D eigenvalue weighted by Crippen LogP contribution is -2.52. The summed E-state index contributed by atoms with van der Waals surface area (Å²) in [5.74, 6) is 0.213. The van der Waals surface area contributed by atoms with E-state index in [1.165, 1.54) is 6.07 Å². The molecule has 4 heterocycles. The van der Waals surface area contributed by atoms with Crippen LogP contribution in [-0.4, -0.2) is 99.0 Å². The number of aromatic nitrogens is 5. The van der Waals surface area contributed by atoms with Crippen LogP contribution in [0.2, 0.25) is 0 Å². The summed E-state index contributed by atoms with van der Waals surface area (Å²) in [5, 5.41) is 3.05. The average molecular weight is 675 g/mol. The molecule has 15 heteroatoms. The largest absolute Gasteiger partial charge is 0.373 e. The van der Waals surface area contributed by atoms with Crippen molar-refractivity contribution in [3.63, 3.8) is 0 Å². The molecule has 0 bridgehead atoms. The molecular formula is C32H44F2N8O4S. The molecule has 1 aliphatic rings. The molecule has 12 nitrogen and oxygen atoms in total. The topological polar surface area (TPSA) is 139 Å². The fraction of sp³-hybridized carbons (Fsp3) is 0.500. The lowest BCUT2D eigenvalue weighted by molar-refractivity contribution is -0.111. The second-order valence-corrected chi connectivity index (χ2v) is 14.2. The van der Waals surface area contributed by atoms with E-state index in [1.807, 2.05) is 43.7 Å². The third-order valence-electron chi connectivity index (χ3n) is 7.95. The summed E-state index contributed by atoms with van der Waals surface area (Å²) in [7, 11) is 0.522. The zero-order valence-corrected chi connectivity index (χ0v) is 28.9. The Morgan fingerprint density at radius 1 is 1.11 bits per heavy atom. The maximum Gasteiger partial charge on any atom is 0.261 e. The average Bonchev–Trinajstić information content (AvgIpc) is 3.30. The van der Waals surface area contributed by atoms with Gasteiger partial charge in [0.05, 0.1) is 30.2 Å². The number of fused-ring (bicyclic) bond motifs is 1. The maximum absolute atomic E-state index is 15.0. The van der Waals surface area contributed by atoms with Crippen LogP contribution in [0.3, 0.4) is 0 Å². The van der Waals surface area contributed by atoms with E-state index in [2.05, 4.69) is 63.0 Å². The molecule has 0 aliphatic carbocycles. The quantitative estimate of drug-likeness (QED) is 0.226. The maximum atomic E-state index is 15.0. The summed E-state index contributed by atoms with van der Waals surface area (Å²) in [6, 6.07) is 7.33. The summed E-state index contributed by atoms with van der Waals surface area (Å²) in [4.78, 5) is 22.0. The number of hydrogen-bond acceptors (Lipinski definition) is 10. The zero-order chi connectivity index (χ0) is 34.7. The van der Waals surface area contributed by atoms with Crippen molar-refractivity contribution in [2.45, 2.75) is 65.3 Å². The summed E-state index contributed by atoms with van der Waals surface area (Å²) >= 11 is 0. The Morgan fingerprint density at radius 3 is 2.43 bits per heavy atom. The van der Waals surface area contributed by atoms with E-state index in [9.17, 15) is 12.8 Å². The van der Waals surface area contributed by atoms with Gasteiger partial charge in [0.15, 0.2) is 11.6 Å². The molecule has 0 amide bonds. The van der Waals surface area contributed by atoms with Gasteiger partial charge in [0.2, 0.25) is 5.95 Å². The molecule has 1 saturated heterocycles. The Hall–Kier alpha value is -3.63. The first-order valence-electron chi connectivity index (χ1n) is 15.3. The molecule has 1 aromatic carbocycles. The fourth-order valence-corrected chi connectivity index (χ4v) is 5.74. The van der Waals surface area contributed by atoms with E-state index in [1.54, 1.807) is 6.07 Å². The van der Waals surface area contributed by atoms with Gasteiger partial charge in [-0.3, -0.25) is 9.45 Å². The molecule has 0 spiro atoms. The Morgan fingerprint density at radius 2 is 1.81 bits per heavy atom. The lowest BCUT2D eigenvalue weighted by Gasteiger charge is -2.42. The number of aryl methyl sites for hydroxylation is 1. The van der Waals surface area contributed by atoms with Gasteiger partial charge in [0.25, 0.3) is 10.1 Å². The first kappa shape index (κ1) is 36.2. The van der Waals surface area contributed by atoms with E-state index in [0.29, 0.717) is 41.6 Å². The Kier molecular flexibility index (Phi) is 11.3. The van der Waals surface area contributed by atoms with Gasteiger partial charge >= 0.3 is 0 Å². The number of nitrogens with one attached hydrogen (secondary N) is 1.